The molecule has 0 aromatic heterocycles. The topological polar surface area (TPSA) is 57.5 Å². The van der Waals surface area contributed by atoms with E-state index in [4.69, 9.17) is 10.2 Å². The minimum Gasteiger partial charge on any atom is -0.478 e. The van der Waals surface area contributed by atoms with E-state index >= 15 is 0 Å². The number of aliphatic hydroxyl groups excluding tert-OH is 1. The van der Waals surface area contributed by atoms with E-state index in [1.165, 1.54) is 83.5 Å². The maximum atomic E-state index is 9.25. The molecule has 0 saturated heterocycles. The highest BCUT2D eigenvalue weighted by atomic mass is 16.4. The smallest absolute Gasteiger partial charge is 0.327 e. The van der Waals surface area contributed by atoms with Crippen molar-refractivity contribution in [2.75, 3.05) is 6.61 Å². The van der Waals surface area contributed by atoms with Crippen molar-refractivity contribution in [1.82, 2.24) is 0 Å². The highest BCUT2D eigenvalue weighted by Crippen LogP contribution is 2.14. The van der Waals surface area contributed by atoms with Crippen LogP contribution in [0.5, 0.6) is 0 Å². The van der Waals surface area contributed by atoms with E-state index in [1.807, 2.05) is 0 Å². The predicted molar refractivity (Wildman–Crippen MR) is 104 cm³/mol. The van der Waals surface area contributed by atoms with Crippen LogP contribution in [0.2, 0.25) is 0 Å². The summed E-state index contributed by atoms with van der Waals surface area (Å²) in [4.78, 5) is 9.25. The van der Waals surface area contributed by atoms with Crippen molar-refractivity contribution in [2.24, 2.45) is 5.92 Å². The average Bonchev–Trinajstić information content (AvgIpc) is 2.55. The molecule has 2 N–H and O–H groups in total. The number of carboxylic acid groups (broad SMARTS) is 1. The molecule has 3 nitrogen and oxygen atoms in total. The number of hydrogen-bond donors (Lipinski definition) is 2. The zero-order chi connectivity index (χ0) is 18.5. The van der Waals surface area contributed by atoms with Crippen LogP contribution >= 0.6 is 0 Å². The molecule has 0 aliphatic carbocycles. The standard InChI is InChI=1S/C18H38O.C3H4O2/c1-18(2)16-14-12-10-8-6-4-3-5-7-9-11-13-15-17-19;1-2-3(4)5/h18-19H,3-17H2,1-2H3;2H,1H2,(H,4,5). The Bertz CT molecular complexity index is 262. The maximum absolute atomic E-state index is 9.25. The van der Waals surface area contributed by atoms with Gasteiger partial charge >= 0.3 is 5.97 Å². The third kappa shape index (κ3) is 29.2. The molecule has 0 spiro atoms. The number of carboxylic acids is 1. The number of aliphatic carboxylic acids is 1. The van der Waals surface area contributed by atoms with Crippen LogP contribution in [-0.4, -0.2) is 22.8 Å². The summed E-state index contributed by atoms with van der Waals surface area (Å²) < 4.78 is 0. The van der Waals surface area contributed by atoms with Crippen molar-refractivity contribution in [1.29, 1.82) is 0 Å². The van der Waals surface area contributed by atoms with E-state index in [9.17, 15) is 4.79 Å². The summed E-state index contributed by atoms with van der Waals surface area (Å²) in [6.45, 7) is 7.98. The Morgan fingerprint density at radius 3 is 1.33 bits per heavy atom. The Labute approximate surface area is 150 Å². The van der Waals surface area contributed by atoms with Crippen LogP contribution < -0.4 is 0 Å². The summed E-state index contributed by atoms with van der Waals surface area (Å²) in [6.07, 6.45) is 20.1. The molecule has 0 rings (SSSR count). The SMILES string of the molecule is C=CC(=O)O.CC(C)CCCCCCCCCCCCCCCO. The number of unbranched alkanes of at least 4 members (excludes halogenated alkanes) is 12. The fourth-order valence-electron chi connectivity index (χ4n) is 2.61. The first kappa shape index (κ1) is 25.4. The van der Waals surface area contributed by atoms with Gasteiger partial charge in [-0.05, 0) is 12.3 Å². The van der Waals surface area contributed by atoms with Gasteiger partial charge in [0.1, 0.15) is 0 Å². The highest BCUT2D eigenvalue weighted by Gasteiger charge is 1.95. The first-order chi connectivity index (χ1) is 11.5. The molecule has 0 aliphatic rings. The molecule has 0 amide bonds. The molecule has 0 bridgehead atoms. The van der Waals surface area contributed by atoms with Crippen LogP contribution in [-0.2, 0) is 4.79 Å². The Morgan fingerprint density at radius 1 is 0.792 bits per heavy atom. The van der Waals surface area contributed by atoms with Gasteiger partial charge in [-0.1, -0.05) is 104 Å². The lowest BCUT2D eigenvalue weighted by Crippen LogP contribution is -1.87. The number of rotatable bonds is 16. The van der Waals surface area contributed by atoms with E-state index in [0.29, 0.717) is 6.61 Å². The van der Waals surface area contributed by atoms with Crippen LogP contribution in [0, 0.1) is 5.92 Å². The van der Waals surface area contributed by atoms with E-state index in [0.717, 1.165) is 18.4 Å². The molecule has 0 aromatic carbocycles. The van der Waals surface area contributed by atoms with E-state index in [1.54, 1.807) is 0 Å². The normalized spacial score (nSPS) is 10.3. The molecule has 24 heavy (non-hydrogen) atoms. The molecule has 0 radical (unpaired) electrons. The minimum atomic E-state index is -0.981. The lowest BCUT2D eigenvalue weighted by atomic mass is 10.0. The van der Waals surface area contributed by atoms with Gasteiger partial charge in [0.05, 0.1) is 0 Å². The number of hydrogen-bond acceptors (Lipinski definition) is 2. The first-order valence-electron chi connectivity index (χ1n) is 10.0. The molecule has 3 heteroatoms. The maximum Gasteiger partial charge on any atom is 0.327 e. The highest BCUT2D eigenvalue weighted by molar-refractivity contribution is 5.78. The van der Waals surface area contributed by atoms with E-state index in [2.05, 4.69) is 20.4 Å². The van der Waals surface area contributed by atoms with Crippen LogP contribution in [0.25, 0.3) is 0 Å². The third-order valence-electron chi connectivity index (χ3n) is 4.11. The van der Waals surface area contributed by atoms with Crippen LogP contribution in [0.3, 0.4) is 0 Å². The number of aliphatic hydroxyl groups is 1. The molecular weight excluding hydrogens is 300 g/mol. The quantitative estimate of drug-likeness (QED) is 0.254. The van der Waals surface area contributed by atoms with Crippen molar-refractivity contribution in [2.45, 2.75) is 104 Å². The van der Waals surface area contributed by atoms with Gasteiger partial charge in [-0.25, -0.2) is 4.79 Å². The van der Waals surface area contributed by atoms with Crippen LogP contribution in [0.15, 0.2) is 12.7 Å². The van der Waals surface area contributed by atoms with Gasteiger partial charge in [0.15, 0.2) is 0 Å². The van der Waals surface area contributed by atoms with Crippen molar-refractivity contribution in [3.05, 3.63) is 12.7 Å². The van der Waals surface area contributed by atoms with Gasteiger partial charge < -0.3 is 10.2 Å². The Morgan fingerprint density at radius 2 is 1.08 bits per heavy atom. The largest absolute Gasteiger partial charge is 0.478 e. The molecule has 0 atom stereocenters. The zero-order valence-corrected chi connectivity index (χ0v) is 16.3. The monoisotopic (exact) mass is 342 g/mol. The van der Waals surface area contributed by atoms with Gasteiger partial charge in [0.25, 0.3) is 0 Å². The third-order valence-corrected chi connectivity index (χ3v) is 4.11. The molecule has 0 aromatic rings. The van der Waals surface area contributed by atoms with Gasteiger partial charge in [0.2, 0.25) is 0 Å². The van der Waals surface area contributed by atoms with Crippen molar-refractivity contribution in [3.8, 4) is 0 Å². The Hall–Kier alpha value is -0.830. The summed E-state index contributed by atoms with van der Waals surface area (Å²) in [5.74, 6) is -0.0950. The molecule has 0 saturated carbocycles. The van der Waals surface area contributed by atoms with Crippen molar-refractivity contribution < 1.29 is 15.0 Å². The molecule has 144 valence electrons. The summed E-state index contributed by atoms with van der Waals surface area (Å²) in [7, 11) is 0. The Balaban J connectivity index is 0. The van der Waals surface area contributed by atoms with Gasteiger partial charge in [-0.2, -0.15) is 0 Å². The minimum absolute atomic E-state index is 0.372. The van der Waals surface area contributed by atoms with Crippen molar-refractivity contribution in [3.63, 3.8) is 0 Å². The van der Waals surface area contributed by atoms with E-state index < -0.39 is 5.97 Å². The van der Waals surface area contributed by atoms with Crippen LogP contribution in [0.1, 0.15) is 104 Å². The molecule has 0 heterocycles. The average molecular weight is 343 g/mol. The van der Waals surface area contributed by atoms with Gasteiger partial charge in [-0.3, -0.25) is 0 Å². The molecular formula is C21H42O3. The predicted octanol–water partition coefficient (Wildman–Crippen LogP) is 6.35. The van der Waals surface area contributed by atoms with Gasteiger partial charge in [0, 0.05) is 12.7 Å². The summed E-state index contributed by atoms with van der Waals surface area (Å²) >= 11 is 0. The number of carbonyl (C=O) groups is 1. The zero-order valence-electron chi connectivity index (χ0n) is 16.3. The fourth-order valence-corrected chi connectivity index (χ4v) is 2.61. The van der Waals surface area contributed by atoms with Crippen LogP contribution in [0.4, 0.5) is 0 Å². The second-order valence-electron chi connectivity index (χ2n) is 7.04. The summed E-state index contributed by atoms with van der Waals surface area (Å²) in [5, 5.41) is 16.3. The Kier molecular flexibility index (Phi) is 23.5. The molecule has 0 aliphatic heterocycles. The second kappa shape index (κ2) is 22.2. The molecule has 0 fully saturated rings. The summed E-state index contributed by atoms with van der Waals surface area (Å²) in [6, 6.07) is 0. The van der Waals surface area contributed by atoms with Crippen molar-refractivity contribution >= 4 is 5.97 Å². The van der Waals surface area contributed by atoms with E-state index in [-0.39, 0.29) is 0 Å². The summed E-state index contributed by atoms with van der Waals surface area (Å²) in [5.41, 5.74) is 0. The lowest BCUT2D eigenvalue weighted by Gasteiger charge is -2.04. The fraction of sp³-hybridized carbons (Fsp3) is 0.857. The first-order valence-corrected chi connectivity index (χ1v) is 10.0. The molecule has 0 unspecified atom stereocenters. The van der Waals surface area contributed by atoms with Gasteiger partial charge in [-0.15, -0.1) is 0 Å². The second-order valence-corrected chi connectivity index (χ2v) is 7.04. The lowest BCUT2D eigenvalue weighted by molar-refractivity contribution is -0.131.